The van der Waals surface area contributed by atoms with Crippen LogP contribution in [0.4, 0.5) is 4.39 Å². The van der Waals surface area contributed by atoms with Crippen molar-refractivity contribution in [2.24, 2.45) is 0 Å². The molecule has 142 valence electrons. The monoisotopic (exact) mass is 389 g/mol. The maximum Gasteiger partial charge on any atom is 0.256 e. The van der Waals surface area contributed by atoms with Crippen LogP contribution < -0.4 is 0 Å². The molecule has 1 amide bonds. The third-order valence-electron chi connectivity index (χ3n) is 5.44. The molecule has 4 rings (SSSR count). The molecule has 6 nitrogen and oxygen atoms in total. The molecule has 1 unspecified atom stereocenters. The molecular formula is C19H20FN3O3S. The van der Waals surface area contributed by atoms with E-state index in [1.807, 2.05) is 19.9 Å². The molecule has 1 atom stereocenters. The average Bonchev–Trinajstić information content (AvgIpc) is 2.88. The zero-order chi connectivity index (χ0) is 19.4. The number of carbonyl (C=O) groups excluding carboxylic acids is 1. The fourth-order valence-corrected chi connectivity index (χ4v) is 5.58. The lowest BCUT2D eigenvalue weighted by Gasteiger charge is -2.44. The fourth-order valence-electron chi connectivity index (χ4n) is 3.99. The molecule has 1 aromatic heterocycles. The van der Waals surface area contributed by atoms with Gasteiger partial charge in [-0.1, -0.05) is 12.1 Å². The van der Waals surface area contributed by atoms with E-state index < -0.39 is 22.2 Å². The number of rotatable bonds is 3. The second-order valence-electron chi connectivity index (χ2n) is 7.22. The Labute approximate surface area is 157 Å². The summed E-state index contributed by atoms with van der Waals surface area (Å²) in [6.07, 6.45) is 1.57. The molecule has 0 saturated carbocycles. The van der Waals surface area contributed by atoms with Gasteiger partial charge in [0.15, 0.2) is 0 Å². The number of halogens is 1. The van der Waals surface area contributed by atoms with Crippen molar-refractivity contribution in [2.45, 2.75) is 31.0 Å². The van der Waals surface area contributed by atoms with Crippen molar-refractivity contribution in [1.29, 1.82) is 0 Å². The molecule has 0 spiro atoms. The number of pyridine rings is 1. The molecule has 2 aliphatic rings. The van der Waals surface area contributed by atoms with Crippen LogP contribution in [0.5, 0.6) is 0 Å². The van der Waals surface area contributed by atoms with Gasteiger partial charge in [-0.25, -0.2) is 12.8 Å². The molecule has 0 radical (unpaired) electrons. The second kappa shape index (κ2) is 6.10. The van der Waals surface area contributed by atoms with E-state index in [2.05, 4.69) is 4.98 Å². The number of aryl methyl sites for hydroxylation is 1. The van der Waals surface area contributed by atoms with Crippen molar-refractivity contribution in [2.75, 3.05) is 19.6 Å². The lowest BCUT2D eigenvalue weighted by atomic mass is 9.90. The Hall–Kier alpha value is -2.32. The van der Waals surface area contributed by atoms with Crippen LogP contribution >= 0.6 is 0 Å². The van der Waals surface area contributed by atoms with Gasteiger partial charge in [0, 0.05) is 31.5 Å². The van der Waals surface area contributed by atoms with Crippen molar-refractivity contribution in [1.82, 2.24) is 14.2 Å². The normalized spacial score (nSPS) is 22.6. The Kier molecular flexibility index (Phi) is 4.08. The number of piperazine rings is 1. The third kappa shape index (κ3) is 2.66. The number of nitrogens with zero attached hydrogens (tertiary/aromatic N) is 3. The van der Waals surface area contributed by atoms with E-state index in [1.54, 1.807) is 23.2 Å². The first kappa shape index (κ1) is 18.1. The summed E-state index contributed by atoms with van der Waals surface area (Å²) in [6.45, 7) is 3.65. The van der Waals surface area contributed by atoms with Crippen LogP contribution in [0.2, 0.25) is 0 Å². The minimum atomic E-state index is -3.79. The molecule has 27 heavy (non-hydrogen) atoms. The lowest BCUT2D eigenvalue weighted by Crippen LogP contribution is -2.58. The van der Waals surface area contributed by atoms with Gasteiger partial charge < -0.3 is 4.90 Å². The van der Waals surface area contributed by atoms with Crippen molar-refractivity contribution in [3.8, 4) is 0 Å². The Balaban J connectivity index is 1.74. The lowest BCUT2D eigenvalue weighted by molar-refractivity contribution is 0.0376. The highest BCUT2D eigenvalue weighted by Crippen LogP contribution is 2.42. The van der Waals surface area contributed by atoms with Gasteiger partial charge in [-0.05, 0) is 43.2 Å². The Morgan fingerprint density at radius 3 is 2.78 bits per heavy atom. The Morgan fingerprint density at radius 2 is 2.04 bits per heavy atom. The zero-order valence-corrected chi connectivity index (χ0v) is 16.0. The smallest absolute Gasteiger partial charge is 0.256 e. The summed E-state index contributed by atoms with van der Waals surface area (Å²) >= 11 is 0. The number of amides is 1. The van der Waals surface area contributed by atoms with Gasteiger partial charge in [-0.3, -0.25) is 9.78 Å². The predicted octanol–water partition coefficient (Wildman–Crippen LogP) is 2.24. The van der Waals surface area contributed by atoms with E-state index in [1.165, 1.54) is 16.4 Å². The van der Waals surface area contributed by atoms with Gasteiger partial charge in [0.05, 0.1) is 16.0 Å². The van der Waals surface area contributed by atoms with Crippen molar-refractivity contribution < 1.29 is 17.6 Å². The quantitative estimate of drug-likeness (QED) is 0.807. The molecule has 0 bridgehead atoms. The Morgan fingerprint density at radius 1 is 1.26 bits per heavy atom. The van der Waals surface area contributed by atoms with E-state index in [-0.39, 0.29) is 23.9 Å². The van der Waals surface area contributed by atoms with Gasteiger partial charge in [-0.15, -0.1) is 0 Å². The molecule has 2 aromatic rings. The number of carbonyl (C=O) groups is 1. The van der Waals surface area contributed by atoms with Crippen LogP contribution in [0.15, 0.2) is 41.4 Å². The minimum absolute atomic E-state index is 0.0742. The van der Waals surface area contributed by atoms with Crippen LogP contribution in [0.1, 0.15) is 34.1 Å². The molecular weight excluding hydrogens is 369 g/mol. The molecule has 1 fully saturated rings. The summed E-state index contributed by atoms with van der Waals surface area (Å²) in [5.41, 5.74) is 1.69. The first-order valence-electron chi connectivity index (χ1n) is 8.71. The summed E-state index contributed by atoms with van der Waals surface area (Å²) in [6, 6.07) is 7.80. The van der Waals surface area contributed by atoms with Crippen LogP contribution in [0.3, 0.4) is 0 Å². The maximum absolute atomic E-state index is 13.1. The Bertz CT molecular complexity index is 1040. The van der Waals surface area contributed by atoms with Gasteiger partial charge in [0.25, 0.3) is 5.91 Å². The largest absolute Gasteiger partial charge is 0.326 e. The summed E-state index contributed by atoms with van der Waals surface area (Å²) in [5.74, 6) is -0.114. The second-order valence-corrected chi connectivity index (χ2v) is 9.16. The number of aromatic nitrogens is 1. The standard InChI is InChI=1S/C19H20FN3O3S/c1-13-8-17-16(11-21-13)18(24)23-7-6-22(12-19(17,23)2)27(25,26)15-5-3-4-14(9-15)10-20/h3-5,8-9,11H,6-7,10,12H2,1-2H3. The average molecular weight is 389 g/mol. The summed E-state index contributed by atoms with van der Waals surface area (Å²) in [5, 5.41) is 0. The van der Waals surface area contributed by atoms with Crippen molar-refractivity contribution in [3.63, 3.8) is 0 Å². The topological polar surface area (TPSA) is 70.6 Å². The van der Waals surface area contributed by atoms with E-state index in [4.69, 9.17) is 0 Å². The summed E-state index contributed by atoms with van der Waals surface area (Å²) < 4.78 is 40.6. The highest BCUT2D eigenvalue weighted by molar-refractivity contribution is 7.89. The molecule has 2 aliphatic heterocycles. The third-order valence-corrected chi connectivity index (χ3v) is 7.28. The van der Waals surface area contributed by atoms with Crippen LogP contribution in [-0.2, 0) is 22.2 Å². The highest BCUT2D eigenvalue weighted by atomic mass is 32.2. The van der Waals surface area contributed by atoms with Crippen molar-refractivity contribution in [3.05, 3.63) is 58.9 Å². The number of sulfonamides is 1. The van der Waals surface area contributed by atoms with Gasteiger partial charge in [0.1, 0.15) is 6.67 Å². The zero-order valence-electron chi connectivity index (χ0n) is 15.1. The molecule has 1 saturated heterocycles. The van der Waals surface area contributed by atoms with Gasteiger partial charge in [0.2, 0.25) is 10.0 Å². The van der Waals surface area contributed by atoms with Crippen molar-refractivity contribution >= 4 is 15.9 Å². The predicted molar refractivity (Wildman–Crippen MR) is 97.4 cm³/mol. The molecule has 0 N–H and O–H groups in total. The van der Waals surface area contributed by atoms with Crippen LogP contribution in [0, 0.1) is 6.92 Å². The summed E-state index contributed by atoms with van der Waals surface area (Å²) in [7, 11) is -3.79. The van der Waals surface area contributed by atoms with E-state index >= 15 is 0 Å². The fraction of sp³-hybridized carbons (Fsp3) is 0.368. The van der Waals surface area contributed by atoms with Gasteiger partial charge >= 0.3 is 0 Å². The molecule has 1 aromatic carbocycles. The van der Waals surface area contributed by atoms with Crippen LogP contribution in [-0.4, -0.2) is 48.1 Å². The SMILES string of the molecule is Cc1cc2c(cn1)C(=O)N1CCN(S(=O)(=O)c3cccc(CF)c3)CC21C. The van der Waals surface area contributed by atoms with E-state index in [9.17, 15) is 17.6 Å². The number of alkyl halides is 1. The van der Waals surface area contributed by atoms with E-state index in [0.717, 1.165) is 11.3 Å². The minimum Gasteiger partial charge on any atom is -0.326 e. The molecule has 8 heteroatoms. The first-order valence-corrected chi connectivity index (χ1v) is 10.2. The van der Waals surface area contributed by atoms with E-state index in [0.29, 0.717) is 17.7 Å². The number of benzene rings is 1. The summed E-state index contributed by atoms with van der Waals surface area (Å²) in [4.78, 5) is 18.7. The van der Waals surface area contributed by atoms with Gasteiger partial charge in [-0.2, -0.15) is 4.31 Å². The first-order chi connectivity index (χ1) is 12.8. The number of hydrogen-bond acceptors (Lipinski definition) is 4. The number of hydrogen-bond donors (Lipinski definition) is 0. The highest BCUT2D eigenvalue weighted by Gasteiger charge is 2.51. The maximum atomic E-state index is 13.1. The molecule has 3 heterocycles. The number of fused-ring (bicyclic) bond motifs is 3. The molecule has 0 aliphatic carbocycles. The van der Waals surface area contributed by atoms with Crippen LogP contribution in [0.25, 0.3) is 0 Å².